The van der Waals surface area contributed by atoms with Crippen LogP contribution in [0.25, 0.3) is 27.5 Å². The number of thiazole rings is 1. The van der Waals surface area contributed by atoms with Gasteiger partial charge in [-0.15, -0.1) is 0 Å². The summed E-state index contributed by atoms with van der Waals surface area (Å²) in [7, 11) is 0. The van der Waals surface area contributed by atoms with Crippen LogP contribution in [0.15, 0.2) is 42.7 Å². The lowest BCUT2D eigenvalue weighted by molar-refractivity contribution is -0.114. The Morgan fingerprint density at radius 1 is 1.20 bits per heavy atom. The van der Waals surface area contributed by atoms with Crippen LogP contribution in [0.2, 0.25) is 5.02 Å². The molecular formula is C30H32ClN7O2S. The smallest absolute Gasteiger partial charge is 0.253 e. The number of amides is 2. The highest BCUT2D eigenvalue weighted by molar-refractivity contribution is 7.19. The molecule has 1 aliphatic heterocycles. The van der Waals surface area contributed by atoms with Crippen LogP contribution >= 0.6 is 22.9 Å². The van der Waals surface area contributed by atoms with E-state index in [4.69, 9.17) is 16.7 Å². The van der Waals surface area contributed by atoms with Crippen molar-refractivity contribution in [3.8, 4) is 27.5 Å². The van der Waals surface area contributed by atoms with Crippen molar-refractivity contribution >= 4 is 39.9 Å². The van der Waals surface area contributed by atoms with Gasteiger partial charge in [-0.25, -0.2) is 9.67 Å². The van der Waals surface area contributed by atoms with Crippen molar-refractivity contribution < 1.29 is 9.59 Å². The predicted molar refractivity (Wildman–Crippen MR) is 162 cm³/mol. The minimum absolute atomic E-state index is 0.00339. The number of pyridine rings is 1. The van der Waals surface area contributed by atoms with Gasteiger partial charge in [-0.1, -0.05) is 36.8 Å². The summed E-state index contributed by atoms with van der Waals surface area (Å²) in [6.45, 7) is 9.23. The van der Waals surface area contributed by atoms with Crippen molar-refractivity contribution in [2.75, 3.05) is 31.5 Å². The fourth-order valence-electron chi connectivity index (χ4n) is 5.94. The van der Waals surface area contributed by atoms with Crippen molar-refractivity contribution in [1.29, 1.82) is 0 Å². The normalized spacial score (nSPS) is 16.1. The molecule has 41 heavy (non-hydrogen) atoms. The predicted octanol–water partition coefficient (Wildman–Crippen LogP) is 5.32. The van der Waals surface area contributed by atoms with E-state index in [1.54, 1.807) is 12.3 Å². The van der Waals surface area contributed by atoms with E-state index in [0.29, 0.717) is 27.4 Å². The topological polar surface area (TPSA) is 96.3 Å². The number of benzene rings is 1. The number of hydrogen-bond acceptors (Lipinski definition) is 7. The van der Waals surface area contributed by atoms with Gasteiger partial charge in [0, 0.05) is 55.1 Å². The second-order valence-electron chi connectivity index (χ2n) is 10.4. The molecule has 0 radical (unpaired) electrons. The molecule has 9 nitrogen and oxygen atoms in total. The summed E-state index contributed by atoms with van der Waals surface area (Å²) < 4.78 is 1.86. The Morgan fingerprint density at radius 2 is 2.02 bits per heavy atom. The summed E-state index contributed by atoms with van der Waals surface area (Å²) in [5, 5.41) is 8.87. The van der Waals surface area contributed by atoms with E-state index in [9.17, 15) is 9.59 Å². The lowest BCUT2D eigenvalue weighted by Crippen LogP contribution is -2.38. The van der Waals surface area contributed by atoms with Crippen molar-refractivity contribution in [2.45, 2.75) is 46.1 Å². The molecule has 1 aliphatic carbocycles. The second-order valence-corrected chi connectivity index (χ2v) is 11.8. The number of aryl methyl sites for hydroxylation is 1. The van der Waals surface area contributed by atoms with Crippen LogP contribution in [-0.4, -0.2) is 73.6 Å². The summed E-state index contributed by atoms with van der Waals surface area (Å²) in [4.78, 5) is 39.5. The van der Waals surface area contributed by atoms with Gasteiger partial charge in [0.05, 0.1) is 32.7 Å². The number of halogens is 1. The Bertz CT molecular complexity index is 1610. The van der Waals surface area contributed by atoms with Crippen LogP contribution in [0.4, 0.5) is 5.13 Å². The Kier molecular flexibility index (Phi) is 7.63. The van der Waals surface area contributed by atoms with Crippen molar-refractivity contribution in [1.82, 2.24) is 29.5 Å². The standard InChI is InChI=1S/C30H32ClN7O2S/c1-4-36(5-2)21-12-14-37(17-21)29(40)19-8-11-25(23(31)15-19)38-27-22(26(35-38)20-7-6-13-32-16-20)9-10-24-28(27)41-30(34-24)33-18(3)39/h6-8,11,13,15-16,21H,4-5,9-10,12,14,17H2,1-3H3,(H,33,34,39). The molecule has 0 spiro atoms. The fraction of sp³-hybridized carbons (Fsp3) is 0.367. The van der Waals surface area contributed by atoms with Crippen LogP contribution in [0.5, 0.6) is 0 Å². The number of nitrogens with zero attached hydrogens (tertiary/aromatic N) is 6. The number of carbonyl (C=O) groups is 2. The Balaban J connectivity index is 1.38. The molecule has 4 aromatic rings. The van der Waals surface area contributed by atoms with E-state index in [-0.39, 0.29) is 11.8 Å². The van der Waals surface area contributed by atoms with Crippen molar-refractivity contribution in [3.05, 3.63) is 64.6 Å². The van der Waals surface area contributed by atoms with Gasteiger partial charge >= 0.3 is 0 Å². The number of likely N-dealkylation sites (tertiary alicyclic amines) is 1. The molecule has 11 heteroatoms. The second kappa shape index (κ2) is 11.3. The lowest BCUT2D eigenvalue weighted by Gasteiger charge is -2.26. The molecule has 6 rings (SSSR count). The molecule has 3 aromatic heterocycles. The highest BCUT2D eigenvalue weighted by atomic mass is 35.5. The number of fused-ring (bicyclic) bond motifs is 3. The minimum Gasteiger partial charge on any atom is -0.337 e. The average Bonchev–Trinajstić information content (AvgIpc) is 3.70. The number of anilines is 1. The molecule has 1 N–H and O–H groups in total. The monoisotopic (exact) mass is 589 g/mol. The number of likely N-dealkylation sites (N-methyl/N-ethyl adjacent to an activating group) is 1. The van der Waals surface area contributed by atoms with E-state index in [2.05, 4.69) is 34.0 Å². The van der Waals surface area contributed by atoms with Crippen LogP contribution in [0.1, 0.15) is 48.8 Å². The molecule has 212 valence electrons. The van der Waals surface area contributed by atoms with Gasteiger partial charge in [0.1, 0.15) is 0 Å². The first-order valence-corrected chi connectivity index (χ1v) is 15.2. The van der Waals surface area contributed by atoms with Crippen LogP contribution in [-0.2, 0) is 17.6 Å². The third-order valence-electron chi connectivity index (χ3n) is 7.93. The molecule has 1 saturated heterocycles. The number of rotatable bonds is 7. The Hall–Kier alpha value is -3.60. The van der Waals surface area contributed by atoms with E-state index >= 15 is 0 Å². The summed E-state index contributed by atoms with van der Waals surface area (Å²) in [6, 6.07) is 9.74. The first-order valence-electron chi connectivity index (χ1n) is 14.0. The molecular weight excluding hydrogens is 558 g/mol. The first kappa shape index (κ1) is 27.6. The van der Waals surface area contributed by atoms with Crippen molar-refractivity contribution in [3.63, 3.8) is 0 Å². The van der Waals surface area contributed by atoms with Crippen molar-refractivity contribution in [2.24, 2.45) is 0 Å². The lowest BCUT2D eigenvalue weighted by atomic mass is 9.95. The maximum absolute atomic E-state index is 13.4. The Morgan fingerprint density at radius 3 is 2.73 bits per heavy atom. The van der Waals surface area contributed by atoms with Gasteiger partial charge in [0.2, 0.25) is 5.91 Å². The van der Waals surface area contributed by atoms with E-state index in [1.807, 2.05) is 40.0 Å². The van der Waals surface area contributed by atoms with Crippen LogP contribution in [0, 0.1) is 0 Å². The molecule has 1 atom stereocenters. The van der Waals surface area contributed by atoms with E-state index in [0.717, 1.165) is 78.5 Å². The highest BCUT2D eigenvalue weighted by Gasteiger charge is 2.32. The fourth-order valence-corrected chi connectivity index (χ4v) is 7.32. The zero-order chi connectivity index (χ0) is 28.7. The van der Waals surface area contributed by atoms with E-state index in [1.165, 1.54) is 18.3 Å². The Labute approximate surface area is 248 Å². The molecule has 0 bridgehead atoms. The maximum atomic E-state index is 13.4. The summed E-state index contributed by atoms with van der Waals surface area (Å²) >= 11 is 8.35. The zero-order valence-corrected chi connectivity index (χ0v) is 24.9. The minimum atomic E-state index is -0.161. The third-order valence-corrected chi connectivity index (χ3v) is 9.25. The molecule has 2 amide bonds. The van der Waals surface area contributed by atoms with Crippen LogP contribution in [0.3, 0.4) is 0 Å². The van der Waals surface area contributed by atoms with Gasteiger partial charge in [-0.05, 0) is 62.7 Å². The quantitative estimate of drug-likeness (QED) is 0.313. The van der Waals surface area contributed by atoms with Crippen LogP contribution < -0.4 is 5.32 Å². The van der Waals surface area contributed by atoms with Gasteiger partial charge in [0.25, 0.3) is 5.91 Å². The average molecular weight is 590 g/mol. The maximum Gasteiger partial charge on any atom is 0.253 e. The van der Waals surface area contributed by atoms with Gasteiger partial charge in [0.15, 0.2) is 5.13 Å². The molecule has 4 heterocycles. The third kappa shape index (κ3) is 5.16. The highest BCUT2D eigenvalue weighted by Crippen LogP contribution is 2.44. The molecule has 1 aromatic carbocycles. The first-order chi connectivity index (χ1) is 19.9. The van der Waals surface area contributed by atoms with Gasteiger partial charge in [-0.2, -0.15) is 5.10 Å². The number of carbonyl (C=O) groups excluding carboxylic acids is 2. The number of hydrogen-bond donors (Lipinski definition) is 1. The largest absolute Gasteiger partial charge is 0.337 e. The van der Waals surface area contributed by atoms with Gasteiger partial charge in [-0.3, -0.25) is 19.5 Å². The summed E-state index contributed by atoms with van der Waals surface area (Å²) in [5.41, 5.74) is 5.91. The SMILES string of the molecule is CCN(CC)C1CCN(C(=O)c2ccc(-n3nc(-c4cccnc4)c4c3-c3sc(NC(C)=O)nc3CC4)c(Cl)c2)C1. The van der Waals surface area contributed by atoms with Gasteiger partial charge < -0.3 is 10.2 Å². The summed E-state index contributed by atoms with van der Waals surface area (Å²) in [5.74, 6) is -0.165. The van der Waals surface area contributed by atoms with E-state index < -0.39 is 0 Å². The molecule has 0 saturated carbocycles. The molecule has 2 aliphatic rings. The summed E-state index contributed by atoms with van der Waals surface area (Å²) in [6.07, 6.45) is 6.01. The molecule has 1 fully saturated rings. The zero-order valence-electron chi connectivity index (χ0n) is 23.4. The number of nitrogens with one attached hydrogen (secondary N) is 1. The number of aromatic nitrogens is 4. The molecule has 1 unspecified atom stereocenters.